The molecule has 0 aliphatic carbocycles. The van der Waals surface area contributed by atoms with Gasteiger partial charge in [0, 0.05) is 11.9 Å². The molecule has 0 radical (unpaired) electrons. The van der Waals surface area contributed by atoms with Gasteiger partial charge in [-0.15, -0.1) is 0 Å². The third-order valence-electron chi connectivity index (χ3n) is 2.99. The van der Waals surface area contributed by atoms with E-state index in [1.54, 1.807) is 0 Å². The number of rotatable bonds is 5. The highest BCUT2D eigenvalue weighted by atomic mass is 35.5. The second kappa shape index (κ2) is 7.32. The number of hydrogen-bond donors (Lipinski definition) is 3. The van der Waals surface area contributed by atoms with E-state index in [9.17, 15) is 18.0 Å². The van der Waals surface area contributed by atoms with Crippen molar-refractivity contribution in [2.75, 3.05) is 10.6 Å². The summed E-state index contributed by atoms with van der Waals surface area (Å²) in [6.45, 7) is 1.19. The Labute approximate surface area is 150 Å². The highest BCUT2D eigenvalue weighted by Crippen LogP contribution is 2.34. The van der Waals surface area contributed by atoms with Gasteiger partial charge < -0.3 is 15.7 Å². The summed E-state index contributed by atoms with van der Waals surface area (Å²) in [7, 11) is 0. The van der Waals surface area contributed by atoms with Crippen LogP contribution in [0.4, 0.5) is 30.6 Å². The van der Waals surface area contributed by atoms with Crippen LogP contribution in [0.25, 0.3) is 0 Å². The van der Waals surface area contributed by atoms with Crippen LogP contribution >= 0.6 is 23.2 Å². The van der Waals surface area contributed by atoms with Crippen molar-refractivity contribution in [2.45, 2.75) is 19.1 Å². The molecule has 1 aromatic heterocycles. The van der Waals surface area contributed by atoms with E-state index in [1.165, 1.54) is 25.1 Å². The van der Waals surface area contributed by atoms with Gasteiger partial charge in [0.15, 0.2) is 0 Å². The fourth-order valence-corrected chi connectivity index (χ4v) is 2.03. The van der Waals surface area contributed by atoms with Gasteiger partial charge in [-0.25, -0.2) is 4.98 Å². The maximum Gasteiger partial charge on any atom is 0.421 e. The number of nitrogens with zero attached hydrogens (tertiary/aromatic N) is 2. The predicted octanol–water partition coefficient (Wildman–Crippen LogP) is 4.43. The number of carboxylic acids is 1. The number of aromatic nitrogens is 2. The molecule has 1 unspecified atom stereocenters. The highest BCUT2D eigenvalue weighted by molar-refractivity contribution is 6.42. The van der Waals surface area contributed by atoms with Crippen molar-refractivity contribution in [3.8, 4) is 0 Å². The standard InChI is InChI=1S/C14H11Cl2F3N4O2/c1-6(12(24)25)21-11-8(14(17,18)19)5-20-13(23-11)22-7-2-3-9(15)10(16)4-7/h2-6H,1H3,(H,24,25)(H2,20,21,22,23). The maximum absolute atomic E-state index is 13.0. The summed E-state index contributed by atoms with van der Waals surface area (Å²) in [5, 5.41) is 14.3. The summed E-state index contributed by atoms with van der Waals surface area (Å²) >= 11 is 11.6. The summed E-state index contributed by atoms with van der Waals surface area (Å²) in [6, 6.07) is 3.18. The molecule has 1 heterocycles. The number of alkyl halides is 3. The molecule has 0 bridgehead atoms. The number of hydrogen-bond acceptors (Lipinski definition) is 5. The topological polar surface area (TPSA) is 87.1 Å². The molecular formula is C14H11Cl2F3N4O2. The molecule has 0 saturated heterocycles. The molecule has 3 N–H and O–H groups in total. The van der Waals surface area contributed by atoms with E-state index in [0.29, 0.717) is 16.9 Å². The van der Waals surface area contributed by atoms with Gasteiger partial charge in [-0.05, 0) is 25.1 Å². The van der Waals surface area contributed by atoms with E-state index in [0.717, 1.165) is 0 Å². The van der Waals surface area contributed by atoms with Crippen molar-refractivity contribution in [1.29, 1.82) is 0 Å². The van der Waals surface area contributed by atoms with E-state index < -0.39 is 29.6 Å². The molecule has 0 fully saturated rings. The van der Waals surface area contributed by atoms with Gasteiger partial charge >= 0.3 is 12.1 Å². The van der Waals surface area contributed by atoms with Crippen molar-refractivity contribution in [3.63, 3.8) is 0 Å². The first kappa shape index (κ1) is 19.1. The maximum atomic E-state index is 13.0. The van der Waals surface area contributed by atoms with Gasteiger partial charge in [-0.3, -0.25) is 4.79 Å². The largest absolute Gasteiger partial charge is 0.480 e. The van der Waals surface area contributed by atoms with Crippen LogP contribution in [-0.4, -0.2) is 27.1 Å². The van der Waals surface area contributed by atoms with Gasteiger partial charge in [0.25, 0.3) is 0 Å². The molecule has 6 nitrogen and oxygen atoms in total. The zero-order valence-electron chi connectivity index (χ0n) is 12.5. The Morgan fingerprint density at radius 3 is 2.52 bits per heavy atom. The Morgan fingerprint density at radius 1 is 1.28 bits per heavy atom. The number of halogens is 5. The lowest BCUT2D eigenvalue weighted by atomic mass is 10.2. The normalized spacial score (nSPS) is 12.6. The molecule has 0 aliphatic heterocycles. The van der Waals surface area contributed by atoms with Gasteiger partial charge in [0.1, 0.15) is 17.4 Å². The van der Waals surface area contributed by atoms with Gasteiger partial charge in [0.2, 0.25) is 5.95 Å². The van der Waals surface area contributed by atoms with Crippen LogP contribution in [0.5, 0.6) is 0 Å². The summed E-state index contributed by atoms with van der Waals surface area (Å²) in [5.41, 5.74) is -0.785. The van der Waals surface area contributed by atoms with Gasteiger partial charge in [-0.2, -0.15) is 18.2 Å². The van der Waals surface area contributed by atoms with E-state index in [-0.39, 0.29) is 11.0 Å². The Morgan fingerprint density at radius 2 is 1.96 bits per heavy atom. The Kier molecular flexibility index (Phi) is 5.58. The average Bonchev–Trinajstić information content (AvgIpc) is 2.50. The molecule has 25 heavy (non-hydrogen) atoms. The first-order valence-electron chi connectivity index (χ1n) is 6.73. The second-order valence-corrected chi connectivity index (χ2v) is 5.73. The van der Waals surface area contributed by atoms with Crippen LogP contribution in [-0.2, 0) is 11.0 Å². The van der Waals surface area contributed by atoms with E-state index >= 15 is 0 Å². The van der Waals surface area contributed by atoms with Gasteiger partial charge in [-0.1, -0.05) is 23.2 Å². The predicted molar refractivity (Wildman–Crippen MR) is 87.5 cm³/mol. The lowest BCUT2D eigenvalue weighted by Gasteiger charge is -2.16. The fourth-order valence-electron chi connectivity index (χ4n) is 1.73. The molecule has 0 aliphatic rings. The molecule has 134 valence electrons. The first-order valence-corrected chi connectivity index (χ1v) is 7.49. The Balaban J connectivity index is 2.36. The zero-order valence-corrected chi connectivity index (χ0v) is 14.0. The van der Waals surface area contributed by atoms with Crippen LogP contribution in [0.2, 0.25) is 10.0 Å². The molecule has 2 rings (SSSR count). The van der Waals surface area contributed by atoms with Crippen LogP contribution in [0.3, 0.4) is 0 Å². The van der Waals surface area contributed by atoms with Crippen molar-refractivity contribution in [2.24, 2.45) is 0 Å². The Bertz CT molecular complexity index is 802. The number of benzene rings is 1. The molecule has 0 amide bonds. The minimum atomic E-state index is -4.75. The minimum absolute atomic E-state index is 0.175. The third kappa shape index (κ3) is 4.86. The Hall–Kier alpha value is -2.26. The van der Waals surface area contributed by atoms with Crippen LogP contribution < -0.4 is 10.6 Å². The SMILES string of the molecule is CC(Nc1nc(Nc2ccc(Cl)c(Cl)c2)ncc1C(F)(F)F)C(=O)O. The van der Waals surface area contributed by atoms with E-state index in [4.69, 9.17) is 28.3 Å². The van der Waals surface area contributed by atoms with Crippen LogP contribution in [0.1, 0.15) is 12.5 Å². The smallest absolute Gasteiger partial charge is 0.421 e. The van der Waals surface area contributed by atoms with Gasteiger partial charge in [0.05, 0.1) is 10.0 Å². The lowest BCUT2D eigenvalue weighted by molar-refractivity contribution is -0.139. The number of anilines is 3. The molecular weight excluding hydrogens is 384 g/mol. The van der Waals surface area contributed by atoms with Crippen LogP contribution in [0, 0.1) is 0 Å². The average molecular weight is 395 g/mol. The quantitative estimate of drug-likeness (QED) is 0.695. The molecule has 0 saturated carbocycles. The number of carbonyl (C=O) groups is 1. The van der Waals surface area contributed by atoms with Crippen molar-refractivity contribution in [3.05, 3.63) is 40.0 Å². The fraction of sp³-hybridized carbons (Fsp3) is 0.214. The van der Waals surface area contributed by atoms with Crippen LogP contribution in [0.15, 0.2) is 24.4 Å². The van der Waals surface area contributed by atoms with Crippen molar-refractivity contribution < 1.29 is 23.1 Å². The first-order chi connectivity index (χ1) is 11.6. The molecule has 1 atom stereocenters. The molecule has 1 aromatic carbocycles. The number of carboxylic acid groups (broad SMARTS) is 1. The summed E-state index contributed by atoms with van der Waals surface area (Å²) < 4.78 is 39.1. The third-order valence-corrected chi connectivity index (χ3v) is 3.73. The molecule has 11 heteroatoms. The minimum Gasteiger partial charge on any atom is -0.480 e. The highest BCUT2D eigenvalue weighted by Gasteiger charge is 2.36. The summed E-state index contributed by atoms with van der Waals surface area (Å²) in [6.07, 6.45) is -4.19. The lowest BCUT2D eigenvalue weighted by Crippen LogP contribution is -2.28. The second-order valence-electron chi connectivity index (χ2n) is 4.91. The van der Waals surface area contributed by atoms with E-state index in [1.807, 2.05) is 0 Å². The number of aliphatic carboxylic acids is 1. The zero-order chi connectivity index (χ0) is 18.8. The van der Waals surface area contributed by atoms with E-state index in [2.05, 4.69) is 20.6 Å². The number of nitrogens with one attached hydrogen (secondary N) is 2. The molecule has 2 aromatic rings. The molecule has 0 spiro atoms. The van der Waals surface area contributed by atoms with Crippen molar-refractivity contribution in [1.82, 2.24) is 9.97 Å². The monoisotopic (exact) mass is 394 g/mol. The van der Waals surface area contributed by atoms with Crippen molar-refractivity contribution >= 4 is 46.6 Å². The summed E-state index contributed by atoms with van der Waals surface area (Å²) in [4.78, 5) is 18.2. The summed E-state index contributed by atoms with van der Waals surface area (Å²) in [5.74, 6) is -2.16.